The minimum Gasteiger partial charge on any atom is -0.353 e. The zero-order chi connectivity index (χ0) is 14.8. The van der Waals surface area contributed by atoms with Crippen molar-refractivity contribution < 1.29 is 9.72 Å². The number of rotatable bonds is 3. The van der Waals surface area contributed by atoms with Crippen molar-refractivity contribution in [1.29, 1.82) is 0 Å². The Balaban J connectivity index is 1.57. The molecule has 2 fully saturated rings. The van der Waals surface area contributed by atoms with Crippen molar-refractivity contribution in [2.75, 3.05) is 44.2 Å². The van der Waals surface area contributed by atoms with Crippen LogP contribution in [0.25, 0.3) is 0 Å². The first-order valence-electron chi connectivity index (χ1n) is 7.00. The highest BCUT2D eigenvalue weighted by Crippen LogP contribution is 2.18. The van der Waals surface area contributed by atoms with Crippen molar-refractivity contribution in [3.8, 4) is 0 Å². The molecule has 2 aliphatic rings. The van der Waals surface area contributed by atoms with E-state index in [2.05, 4.69) is 10.3 Å². The highest BCUT2D eigenvalue weighted by atomic mass is 16.6. The molecule has 0 atom stereocenters. The maximum absolute atomic E-state index is 12.1. The average molecular weight is 291 g/mol. The minimum absolute atomic E-state index is 0.00922. The standard InChI is InChI=1S/C13H17N5O3/c19-13(10-7-14-8-10)17-5-3-16(4-6-17)12-2-1-11(9-15-12)18(20)21/h1-2,9-10,14H,3-8H2. The molecule has 0 saturated carbocycles. The number of hydrogen-bond donors (Lipinski definition) is 1. The number of nitrogens with zero attached hydrogens (tertiary/aromatic N) is 4. The molecule has 1 aromatic heterocycles. The summed E-state index contributed by atoms with van der Waals surface area (Å²) in [5.41, 5.74) is -0.00922. The summed E-state index contributed by atoms with van der Waals surface area (Å²) in [5, 5.41) is 13.7. The second kappa shape index (κ2) is 5.65. The first-order valence-corrected chi connectivity index (χ1v) is 7.00. The zero-order valence-electron chi connectivity index (χ0n) is 11.6. The van der Waals surface area contributed by atoms with Crippen molar-refractivity contribution in [3.05, 3.63) is 28.4 Å². The van der Waals surface area contributed by atoms with Crippen LogP contribution in [0, 0.1) is 16.0 Å². The normalized spacial score (nSPS) is 19.2. The van der Waals surface area contributed by atoms with Crippen molar-refractivity contribution >= 4 is 17.4 Å². The summed E-state index contributed by atoms with van der Waals surface area (Å²) in [5.74, 6) is 1.08. The molecule has 2 aliphatic heterocycles. The van der Waals surface area contributed by atoms with E-state index in [0.29, 0.717) is 26.2 Å². The molecular formula is C13H17N5O3. The van der Waals surface area contributed by atoms with Gasteiger partial charge in [0.2, 0.25) is 5.91 Å². The molecule has 1 amide bonds. The third kappa shape index (κ3) is 2.80. The third-order valence-corrected chi connectivity index (χ3v) is 3.99. The van der Waals surface area contributed by atoms with E-state index in [1.165, 1.54) is 12.3 Å². The second-order valence-electron chi connectivity index (χ2n) is 5.30. The lowest BCUT2D eigenvalue weighted by Gasteiger charge is -2.38. The maximum Gasteiger partial charge on any atom is 0.287 e. The first-order chi connectivity index (χ1) is 10.1. The topological polar surface area (TPSA) is 91.6 Å². The number of nitro groups is 1. The van der Waals surface area contributed by atoms with Crippen LogP contribution in [0.1, 0.15) is 0 Å². The molecule has 0 bridgehead atoms. The number of carbonyl (C=O) groups is 1. The zero-order valence-corrected chi connectivity index (χ0v) is 11.6. The molecule has 112 valence electrons. The molecule has 1 aromatic rings. The van der Waals surface area contributed by atoms with E-state index in [4.69, 9.17) is 0 Å². The number of amides is 1. The highest BCUT2D eigenvalue weighted by molar-refractivity contribution is 5.80. The Labute approximate surface area is 121 Å². The number of hydrogen-bond acceptors (Lipinski definition) is 6. The summed E-state index contributed by atoms with van der Waals surface area (Å²) in [6.07, 6.45) is 1.27. The lowest BCUT2D eigenvalue weighted by Crippen LogP contribution is -2.56. The molecule has 8 nitrogen and oxygen atoms in total. The van der Waals surface area contributed by atoms with Gasteiger partial charge in [0.05, 0.1) is 10.8 Å². The minimum atomic E-state index is -0.458. The van der Waals surface area contributed by atoms with Gasteiger partial charge in [0.1, 0.15) is 12.0 Å². The Kier molecular flexibility index (Phi) is 3.70. The largest absolute Gasteiger partial charge is 0.353 e. The average Bonchev–Trinajstić information content (AvgIpc) is 2.46. The molecule has 0 radical (unpaired) electrons. The van der Waals surface area contributed by atoms with E-state index < -0.39 is 4.92 Å². The molecule has 0 spiro atoms. The van der Waals surface area contributed by atoms with E-state index >= 15 is 0 Å². The van der Waals surface area contributed by atoms with Gasteiger partial charge in [-0.1, -0.05) is 0 Å². The van der Waals surface area contributed by atoms with Gasteiger partial charge < -0.3 is 15.1 Å². The Hall–Kier alpha value is -2.22. The van der Waals surface area contributed by atoms with Gasteiger partial charge in [-0.2, -0.15) is 0 Å². The lowest BCUT2D eigenvalue weighted by molar-refractivity contribution is -0.385. The highest BCUT2D eigenvalue weighted by Gasteiger charge is 2.31. The summed E-state index contributed by atoms with van der Waals surface area (Å²) in [7, 11) is 0. The van der Waals surface area contributed by atoms with Crippen LogP contribution in [0.3, 0.4) is 0 Å². The van der Waals surface area contributed by atoms with Gasteiger partial charge >= 0.3 is 0 Å². The van der Waals surface area contributed by atoms with E-state index in [-0.39, 0.29) is 17.5 Å². The quantitative estimate of drug-likeness (QED) is 0.615. The fourth-order valence-electron chi connectivity index (χ4n) is 2.55. The smallest absolute Gasteiger partial charge is 0.287 e. The van der Waals surface area contributed by atoms with Crippen LogP contribution < -0.4 is 10.2 Å². The Morgan fingerprint density at radius 1 is 1.29 bits per heavy atom. The number of pyridine rings is 1. The van der Waals surface area contributed by atoms with Crippen LogP contribution in [0.4, 0.5) is 11.5 Å². The van der Waals surface area contributed by atoms with Gasteiger partial charge in [-0.3, -0.25) is 14.9 Å². The van der Waals surface area contributed by atoms with Crippen LogP contribution in [-0.2, 0) is 4.79 Å². The molecule has 0 aliphatic carbocycles. The van der Waals surface area contributed by atoms with Crippen LogP contribution in [0.5, 0.6) is 0 Å². The predicted octanol–water partition coefficient (Wildman–Crippen LogP) is -0.142. The van der Waals surface area contributed by atoms with Gasteiger partial charge in [-0.25, -0.2) is 4.98 Å². The van der Waals surface area contributed by atoms with Crippen molar-refractivity contribution in [3.63, 3.8) is 0 Å². The predicted molar refractivity (Wildman–Crippen MR) is 76.0 cm³/mol. The van der Waals surface area contributed by atoms with Crippen LogP contribution in [-0.4, -0.2) is 60.0 Å². The van der Waals surface area contributed by atoms with E-state index in [1.807, 2.05) is 9.80 Å². The third-order valence-electron chi connectivity index (χ3n) is 3.99. The Morgan fingerprint density at radius 2 is 2.00 bits per heavy atom. The number of nitrogens with one attached hydrogen (secondary N) is 1. The van der Waals surface area contributed by atoms with Crippen LogP contribution in [0.2, 0.25) is 0 Å². The second-order valence-corrected chi connectivity index (χ2v) is 5.30. The summed E-state index contributed by atoms with van der Waals surface area (Å²) < 4.78 is 0. The van der Waals surface area contributed by atoms with Gasteiger partial charge in [-0.15, -0.1) is 0 Å². The van der Waals surface area contributed by atoms with E-state index in [9.17, 15) is 14.9 Å². The summed E-state index contributed by atoms with van der Waals surface area (Å²) in [6.45, 7) is 4.32. The summed E-state index contributed by atoms with van der Waals surface area (Å²) in [4.78, 5) is 30.3. The number of carbonyl (C=O) groups excluding carboxylic acids is 1. The van der Waals surface area contributed by atoms with Crippen molar-refractivity contribution in [2.45, 2.75) is 0 Å². The molecular weight excluding hydrogens is 274 g/mol. The Bertz CT molecular complexity index is 535. The molecule has 3 heterocycles. The van der Waals surface area contributed by atoms with Gasteiger partial charge in [-0.05, 0) is 6.07 Å². The fraction of sp³-hybridized carbons (Fsp3) is 0.538. The van der Waals surface area contributed by atoms with Gasteiger partial charge in [0, 0.05) is 45.3 Å². The molecule has 0 unspecified atom stereocenters. The molecule has 2 saturated heterocycles. The van der Waals surface area contributed by atoms with E-state index in [0.717, 1.165) is 18.9 Å². The monoisotopic (exact) mass is 291 g/mol. The number of piperazine rings is 1. The molecule has 1 N–H and O–H groups in total. The van der Waals surface area contributed by atoms with Crippen molar-refractivity contribution in [2.24, 2.45) is 5.92 Å². The number of anilines is 1. The summed E-state index contributed by atoms with van der Waals surface area (Å²) in [6, 6.07) is 3.12. The van der Waals surface area contributed by atoms with E-state index in [1.54, 1.807) is 6.07 Å². The maximum atomic E-state index is 12.1. The first kappa shape index (κ1) is 13.7. The summed E-state index contributed by atoms with van der Waals surface area (Å²) >= 11 is 0. The fourth-order valence-corrected chi connectivity index (χ4v) is 2.55. The lowest BCUT2D eigenvalue weighted by atomic mass is 10.0. The number of aromatic nitrogens is 1. The van der Waals surface area contributed by atoms with Gasteiger partial charge in [0.25, 0.3) is 5.69 Å². The molecule has 8 heteroatoms. The molecule has 3 rings (SSSR count). The molecule has 0 aromatic carbocycles. The van der Waals surface area contributed by atoms with Crippen LogP contribution in [0.15, 0.2) is 18.3 Å². The Morgan fingerprint density at radius 3 is 2.48 bits per heavy atom. The molecule has 21 heavy (non-hydrogen) atoms. The van der Waals surface area contributed by atoms with Crippen molar-refractivity contribution in [1.82, 2.24) is 15.2 Å². The van der Waals surface area contributed by atoms with Crippen LogP contribution >= 0.6 is 0 Å². The SMILES string of the molecule is O=C(C1CNC1)N1CCN(c2ccc([N+](=O)[O-])cn2)CC1. The van der Waals surface area contributed by atoms with Gasteiger partial charge in [0.15, 0.2) is 0 Å².